The van der Waals surface area contributed by atoms with Crippen LogP contribution in [0, 0.1) is 30.3 Å². The summed E-state index contributed by atoms with van der Waals surface area (Å²) in [6.45, 7) is 1.34. The molecular formula is C6H7N3O7. The molecule has 0 bridgehead atoms. The number of rotatable bonds is 4. The topological polar surface area (TPSA) is 139 Å². The van der Waals surface area contributed by atoms with Gasteiger partial charge < -0.3 is 0 Å². The molecule has 1 heterocycles. The minimum Gasteiger partial charge on any atom is -0.261 e. The first-order chi connectivity index (χ1) is 7.31. The van der Waals surface area contributed by atoms with Gasteiger partial charge in [-0.05, 0) is 0 Å². The Morgan fingerprint density at radius 1 is 1.06 bits per heavy atom. The molecule has 0 aromatic heterocycles. The summed E-state index contributed by atoms with van der Waals surface area (Å²) in [5.41, 5.74) is -2.21. The van der Waals surface area contributed by atoms with Crippen molar-refractivity contribution in [2.75, 3.05) is 0 Å². The summed E-state index contributed by atoms with van der Waals surface area (Å²) in [7, 11) is 0. The van der Waals surface area contributed by atoms with E-state index in [2.05, 4.69) is 4.74 Å². The molecule has 0 saturated carbocycles. The monoisotopic (exact) mass is 233 g/mol. The summed E-state index contributed by atoms with van der Waals surface area (Å²) >= 11 is 0. The first kappa shape index (κ1) is 12.0. The van der Waals surface area contributed by atoms with Gasteiger partial charge in [0.15, 0.2) is 0 Å². The Morgan fingerprint density at radius 2 is 1.56 bits per heavy atom. The number of hydrogen-bond donors (Lipinski definition) is 0. The van der Waals surface area contributed by atoms with E-state index in [1.807, 2.05) is 0 Å². The quantitative estimate of drug-likeness (QED) is 0.291. The highest BCUT2D eigenvalue weighted by Gasteiger charge is 2.69. The lowest BCUT2D eigenvalue weighted by Gasteiger charge is -2.17. The average Bonchev–Trinajstić information content (AvgIpc) is 2.59. The zero-order valence-corrected chi connectivity index (χ0v) is 8.06. The Kier molecular flexibility index (Phi) is 2.61. The van der Waals surface area contributed by atoms with Crippen LogP contribution in [0.4, 0.5) is 0 Å². The molecule has 10 heteroatoms. The average molecular weight is 233 g/mol. The molecule has 0 aliphatic carbocycles. The molecule has 16 heavy (non-hydrogen) atoms. The van der Waals surface area contributed by atoms with Crippen molar-refractivity contribution in [3.8, 4) is 0 Å². The molecule has 0 N–H and O–H groups in total. The molecule has 1 aliphatic rings. The molecule has 0 aromatic carbocycles. The maximum atomic E-state index is 10.7. The fraction of sp³-hybridized carbons (Fsp3) is 0.667. The van der Waals surface area contributed by atoms with Crippen LogP contribution in [0.1, 0.15) is 13.3 Å². The van der Waals surface area contributed by atoms with Gasteiger partial charge in [0.1, 0.15) is 15.9 Å². The van der Waals surface area contributed by atoms with Crippen LogP contribution in [0.15, 0.2) is 12.2 Å². The molecule has 0 fully saturated rings. The van der Waals surface area contributed by atoms with Crippen molar-refractivity contribution in [2.45, 2.75) is 24.9 Å². The standard InChI is InChI=1S/C6H7N3O7/c1-2-5(7(10)11)3-4-6(16-5,8(12)13)9(14)15/h3-4H,2H2,1H3. The van der Waals surface area contributed by atoms with Crippen molar-refractivity contribution in [3.05, 3.63) is 42.5 Å². The SMILES string of the molecule is CCC1([N+](=O)[O-])C=CC([N+](=O)[O-])([N+](=O)[O-])O1. The van der Waals surface area contributed by atoms with E-state index in [9.17, 15) is 30.3 Å². The summed E-state index contributed by atoms with van der Waals surface area (Å²) in [6.07, 6.45) is 0.970. The highest BCUT2D eigenvalue weighted by atomic mass is 16.8. The highest BCUT2D eigenvalue weighted by Crippen LogP contribution is 2.34. The molecule has 1 rings (SSSR count). The van der Waals surface area contributed by atoms with E-state index >= 15 is 0 Å². The Bertz CT molecular complexity index is 378. The maximum absolute atomic E-state index is 10.7. The van der Waals surface area contributed by atoms with E-state index in [0.717, 1.165) is 6.08 Å². The molecule has 0 radical (unpaired) electrons. The third-order valence-corrected chi connectivity index (χ3v) is 2.23. The van der Waals surface area contributed by atoms with Crippen LogP contribution < -0.4 is 0 Å². The molecule has 10 nitrogen and oxygen atoms in total. The van der Waals surface area contributed by atoms with Crippen molar-refractivity contribution in [1.29, 1.82) is 0 Å². The second kappa shape index (κ2) is 3.48. The Labute approximate surface area is 87.9 Å². The minimum atomic E-state index is -3.07. The molecule has 0 spiro atoms. The normalized spacial score (nSPS) is 26.6. The maximum Gasteiger partial charge on any atom is 0.605 e. The molecule has 0 aromatic rings. The zero-order chi connectivity index (χ0) is 12.6. The summed E-state index contributed by atoms with van der Waals surface area (Å²) in [4.78, 5) is 28.2. The van der Waals surface area contributed by atoms with Gasteiger partial charge in [-0.3, -0.25) is 30.3 Å². The van der Waals surface area contributed by atoms with Crippen LogP contribution in [0.3, 0.4) is 0 Å². The number of nitrogens with zero attached hydrogens (tertiary/aromatic N) is 3. The second-order valence-electron chi connectivity index (χ2n) is 3.06. The summed E-state index contributed by atoms with van der Waals surface area (Å²) in [5.74, 6) is -3.07. The van der Waals surface area contributed by atoms with Crippen molar-refractivity contribution in [3.63, 3.8) is 0 Å². The van der Waals surface area contributed by atoms with Crippen LogP contribution in [0.5, 0.6) is 0 Å². The molecular weight excluding hydrogens is 226 g/mol. The van der Waals surface area contributed by atoms with Gasteiger partial charge in [0.05, 0.1) is 4.92 Å². The van der Waals surface area contributed by atoms with Gasteiger partial charge in [0.25, 0.3) is 0 Å². The van der Waals surface area contributed by atoms with Gasteiger partial charge in [-0.2, -0.15) is 4.74 Å². The van der Waals surface area contributed by atoms with E-state index in [0.29, 0.717) is 6.08 Å². The lowest BCUT2D eigenvalue weighted by molar-refractivity contribution is -0.851. The van der Waals surface area contributed by atoms with Crippen molar-refractivity contribution >= 4 is 0 Å². The van der Waals surface area contributed by atoms with Gasteiger partial charge in [0, 0.05) is 12.5 Å². The number of hydrogen-bond acceptors (Lipinski definition) is 7. The van der Waals surface area contributed by atoms with Gasteiger partial charge in [-0.25, -0.2) is 0 Å². The third-order valence-electron chi connectivity index (χ3n) is 2.23. The molecule has 1 atom stereocenters. The van der Waals surface area contributed by atoms with Gasteiger partial charge in [-0.1, -0.05) is 6.92 Å². The summed E-state index contributed by atoms with van der Waals surface area (Å²) < 4.78 is 4.46. The van der Waals surface area contributed by atoms with Gasteiger partial charge in [-0.15, -0.1) is 0 Å². The fourth-order valence-electron chi connectivity index (χ4n) is 1.25. The van der Waals surface area contributed by atoms with E-state index in [4.69, 9.17) is 0 Å². The highest BCUT2D eigenvalue weighted by molar-refractivity contribution is 5.06. The predicted molar refractivity (Wildman–Crippen MR) is 47.0 cm³/mol. The van der Waals surface area contributed by atoms with E-state index < -0.39 is 26.3 Å². The molecule has 1 unspecified atom stereocenters. The second-order valence-corrected chi connectivity index (χ2v) is 3.06. The fourth-order valence-corrected chi connectivity index (χ4v) is 1.25. The zero-order valence-electron chi connectivity index (χ0n) is 8.06. The molecule has 88 valence electrons. The van der Waals surface area contributed by atoms with Crippen LogP contribution in [-0.4, -0.2) is 26.3 Å². The number of ether oxygens (including phenoxy) is 1. The minimum absolute atomic E-state index is 0.250. The largest absolute Gasteiger partial charge is 0.605 e. The van der Waals surface area contributed by atoms with Crippen molar-refractivity contribution in [1.82, 2.24) is 0 Å². The molecule has 0 amide bonds. The molecule has 0 saturated heterocycles. The lowest BCUT2D eigenvalue weighted by atomic mass is 10.2. The van der Waals surface area contributed by atoms with Crippen LogP contribution in [0.2, 0.25) is 0 Å². The Balaban J connectivity index is 3.19. The Morgan fingerprint density at radius 3 is 1.75 bits per heavy atom. The van der Waals surface area contributed by atoms with Crippen LogP contribution in [-0.2, 0) is 4.74 Å². The van der Waals surface area contributed by atoms with Crippen molar-refractivity contribution < 1.29 is 19.5 Å². The van der Waals surface area contributed by atoms with Crippen molar-refractivity contribution in [2.24, 2.45) is 0 Å². The van der Waals surface area contributed by atoms with E-state index in [1.165, 1.54) is 6.92 Å². The lowest BCUT2D eigenvalue weighted by Crippen LogP contribution is -2.51. The first-order valence-electron chi connectivity index (χ1n) is 4.15. The smallest absolute Gasteiger partial charge is 0.261 e. The number of nitro groups is 3. The predicted octanol–water partition coefficient (Wildman–Crippen LogP) is 0.163. The third kappa shape index (κ3) is 1.39. The summed E-state index contributed by atoms with van der Waals surface area (Å²) in [5, 5.41) is 31.8. The van der Waals surface area contributed by atoms with Crippen LogP contribution >= 0.6 is 0 Å². The summed E-state index contributed by atoms with van der Waals surface area (Å²) in [6, 6.07) is 0. The first-order valence-corrected chi connectivity index (χ1v) is 4.15. The Hall–Kier alpha value is -2.10. The van der Waals surface area contributed by atoms with Gasteiger partial charge >= 0.3 is 11.6 Å². The van der Waals surface area contributed by atoms with E-state index in [1.54, 1.807) is 0 Å². The van der Waals surface area contributed by atoms with Crippen LogP contribution in [0.25, 0.3) is 0 Å². The van der Waals surface area contributed by atoms with Gasteiger partial charge in [0.2, 0.25) is 0 Å². The van der Waals surface area contributed by atoms with E-state index in [-0.39, 0.29) is 6.42 Å². The molecule has 1 aliphatic heterocycles.